The lowest BCUT2D eigenvalue weighted by Crippen LogP contribution is -2.53. The number of allylic oxidation sites excluding steroid dienone is 1. The van der Waals surface area contributed by atoms with Gasteiger partial charge in [0.05, 0.1) is 0 Å². The molecule has 0 aromatic carbocycles. The van der Waals surface area contributed by atoms with Crippen LogP contribution < -0.4 is 0 Å². The van der Waals surface area contributed by atoms with Crippen molar-refractivity contribution in [3.05, 3.63) is 11.6 Å². The lowest BCUT2D eigenvalue weighted by atomic mass is 9.44. The van der Waals surface area contributed by atoms with E-state index in [1.165, 1.54) is 56.9 Å². The zero-order valence-electron chi connectivity index (χ0n) is 17.4. The second-order valence-corrected chi connectivity index (χ2v) is 11.4. The lowest BCUT2D eigenvalue weighted by Gasteiger charge is -2.61. The smallest absolute Gasteiger partial charge is 0.155 e. The van der Waals surface area contributed by atoms with Crippen LogP contribution in [-0.4, -0.2) is 5.78 Å². The summed E-state index contributed by atoms with van der Waals surface area (Å²) in [6, 6.07) is 0. The molecule has 0 N–H and O–H groups in total. The molecule has 0 spiro atoms. The zero-order valence-corrected chi connectivity index (χ0v) is 17.4. The van der Waals surface area contributed by atoms with Crippen molar-refractivity contribution in [2.75, 3.05) is 0 Å². The van der Waals surface area contributed by atoms with Gasteiger partial charge in [-0.05, 0) is 96.9 Å². The third-order valence-corrected chi connectivity index (χ3v) is 10.7. The predicted octanol–water partition coefficient (Wildman–Crippen LogP) is 6.57. The maximum absolute atomic E-state index is 12.0. The summed E-state index contributed by atoms with van der Waals surface area (Å²) in [5, 5.41) is 0. The van der Waals surface area contributed by atoms with E-state index in [0.29, 0.717) is 22.0 Å². The van der Waals surface area contributed by atoms with E-state index in [9.17, 15) is 4.79 Å². The van der Waals surface area contributed by atoms with E-state index in [1.54, 1.807) is 0 Å². The molecule has 4 fully saturated rings. The molecule has 8 atom stereocenters. The summed E-state index contributed by atoms with van der Waals surface area (Å²) < 4.78 is 0. The molecule has 1 nitrogen and oxygen atoms in total. The second kappa shape index (κ2) is 5.48. The highest BCUT2D eigenvalue weighted by atomic mass is 16.1. The highest BCUT2D eigenvalue weighted by molar-refractivity contribution is 5.91. The molecule has 5 rings (SSSR count). The van der Waals surface area contributed by atoms with Crippen molar-refractivity contribution in [2.24, 2.45) is 45.8 Å². The maximum atomic E-state index is 12.0. The molecule has 0 aromatic rings. The molecule has 8 unspecified atom stereocenters. The van der Waals surface area contributed by atoms with Gasteiger partial charge in [-0.15, -0.1) is 0 Å². The zero-order chi connectivity index (χ0) is 18.3. The molecule has 5 aliphatic carbocycles. The van der Waals surface area contributed by atoms with Gasteiger partial charge in [0.1, 0.15) is 0 Å². The van der Waals surface area contributed by atoms with Crippen molar-refractivity contribution < 1.29 is 4.79 Å². The summed E-state index contributed by atoms with van der Waals surface area (Å²) >= 11 is 0. The van der Waals surface area contributed by atoms with Gasteiger partial charge in [-0.25, -0.2) is 0 Å². The van der Waals surface area contributed by atoms with Crippen LogP contribution in [0.1, 0.15) is 91.9 Å². The average Bonchev–Trinajstić information content (AvgIpc) is 3.37. The number of hydrogen-bond acceptors (Lipinski definition) is 1. The van der Waals surface area contributed by atoms with E-state index in [1.807, 2.05) is 0 Å². The van der Waals surface area contributed by atoms with Crippen LogP contribution in [-0.2, 0) is 4.79 Å². The van der Waals surface area contributed by atoms with Crippen LogP contribution in [0, 0.1) is 45.8 Å². The molecule has 5 aliphatic rings. The molecule has 0 amide bonds. The van der Waals surface area contributed by atoms with E-state index in [2.05, 4.69) is 33.8 Å². The standard InChI is InChI=1S/C25H38O/c1-5-6-11-24(3)21-15-19(21)22-18-8-7-16-14-17(26)9-12-23(16,2)20(18)10-13-25(22,24)4/h14,18-22H,5-13,15H2,1-4H3. The van der Waals surface area contributed by atoms with Crippen LogP contribution in [0.5, 0.6) is 0 Å². The Morgan fingerprint density at radius 2 is 1.85 bits per heavy atom. The van der Waals surface area contributed by atoms with Crippen molar-refractivity contribution in [1.29, 1.82) is 0 Å². The molecule has 0 radical (unpaired) electrons. The van der Waals surface area contributed by atoms with Gasteiger partial charge in [0.2, 0.25) is 0 Å². The summed E-state index contributed by atoms with van der Waals surface area (Å²) in [5.74, 6) is 5.22. The van der Waals surface area contributed by atoms with Crippen molar-refractivity contribution >= 4 is 5.78 Å². The Hall–Kier alpha value is -0.590. The minimum Gasteiger partial charge on any atom is -0.295 e. The number of carbonyl (C=O) groups is 1. The van der Waals surface area contributed by atoms with E-state index >= 15 is 0 Å². The number of rotatable bonds is 3. The van der Waals surface area contributed by atoms with Gasteiger partial charge in [0, 0.05) is 6.42 Å². The van der Waals surface area contributed by atoms with Gasteiger partial charge in [-0.2, -0.15) is 0 Å². The van der Waals surface area contributed by atoms with Crippen LogP contribution in [0.2, 0.25) is 0 Å². The van der Waals surface area contributed by atoms with Crippen molar-refractivity contribution in [2.45, 2.75) is 91.9 Å². The SMILES string of the molecule is CCCCC1(C)C2CC2C2C3CCC4=CC(=O)CCC4(C)C3CCC21C. The Morgan fingerprint density at radius 3 is 2.62 bits per heavy atom. The van der Waals surface area contributed by atoms with E-state index in [4.69, 9.17) is 0 Å². The highest BCUT2D eigenvalue weighted by Crippen LogP contribution is 2.80. The first-order chi connectivity index (χ1) is 12.3. The van der Waals surface area contributed by atoms with Gasteiger partial charge in [0.25, 0.3) is 0 Å². The van der Waals surface area contributed by atoms with Gasteiger partial charge < -0.3 is 0 Å². The Balaban J connectivity index is 1.49. The van der Waals surface area contributed by atoms with Gasteiger partial charge in [0.15, 0.2) is 5.78 Å². The third kappa shape index (κ3) is 2.01. The number of hydrogen-bond donors (Lipinski definition) is 0. The Morgan fingerprint density at radius 1 is 1.04 bits per heavy atom. The van der Waals surface area contributed by atoms with Crippen LogP contribution >= 0.6 is 0 Å². The summed E-state index contributed by atoms with van der Waals surface area (Å²) in [4.78, 5) is 12.0. The molecule has 0 aliphatic heterocycles. The first kappa shape index (κ1) is 17.5. The molecule has 1 heteroatoms. The number of ketones is 1. The molecule has 144 valence electrons. The molecule has 0 saturated heterocycles. The van der Waals surface area contributed by atoms with Crippen molar-refractivity contribution in [3.63, 3.8) is 0 Å². The summed E-state index contributed by atoms with van der Waals surface area (Å²) in [7, 11) is 0. The van der Waals surface area contributed by atoms with E-state index in [0.717, 1.165) is 42.4 Å². The number of carbonyl (C=O) groups excluding carboxylic acids is 1. The van der Waals surface area contributed by atoms with E-state index < -0.39 is 0 Å². The molecule has 0 bridgehead atoms. The van der Waals surface area contributed by atoms with Gasteiger partial charge in [-0.3, -0.25) is 4.79 Å². The lowest BCUT2D eigenvalue weighted by molar-refractivity contribution is -0.119. The fourth-order valence-electron chi connectivity index (χ4n) is 9.05. The van der Waals surface area contributed by atoms with Gasteiger partial charge in [-0.1, -0.05) is 46.1 Å². The summed E-state index contributed by atoms with van der Waals surface area (Å²) in [6.07, 6.45) is 15.2. The van der Waals surface area contributed by atoms with Crippen molar-refractivity contribution in [1.82, 2.24) is 0 Å². The topological polar surface area (TPSA) is 17.1 Å². The average molecular weight is 355 g/mol. The van der Waals surface area contributed by atoms with Crippen LogP contribution in [0.25, 0.3) is 0 Å². The fourth-order valence-corrected chi connectivity index (χ4v) is 9.05. The summed E-state index contributed by atoms with van der Waals surface area (Å²) in [6.45, 7) is 10.3. The molecule has 0 aromatic heterocycles. The first-order valence-corrected chi connectivity index (χ1v) is 11.6. The van der Waals surface area contributed by atoms with Crippen LogP contribution in [0.15, 0.2) is 11.6 Å². The minimum atomic E-state index is 0.338. The molecule has 4 saturated carbocycles. The second-order valence-electron chi connectivity index (χ2n) is 11.4. The maximum Gasteiger partial charge on any atom is 0.155 e. The normalized spacial score (nSPS) is 54.7. The summed E-state index contributed by atoms with van der Waals surface area (Å²) in [5.41, 5.74) is 3.05. The van der Waals surface area contributed by atoms with Gasteiger partial charge >= 0.3 is 0 Å². The monoisotopic (exact) mass is 354 g/mol. The Labute approximate surface area is 160 Å². The highest BCUT2D eigenvalue weighted by Gasteiger charge is 2.73. The predicted molar refractivity (Wildman–Crippen MR) is 107 cm³/mol. The molecular weight excluding hydrogens is 316 g/mol. The number of unbranched alkanes of at least 4 members (excludes halogenated alkanes) is 1. The van der Waals surface area contributed by atoms with Crippen molar-refractivity contribution in [3.8, 4) is 0 Å². The molecular formula is C25H38O. The third-order valence-electron chi connectivity index (χ3n) is 10.7. The molecule has 0 heterocycles. The Kier molecular flexibility index (Phi) is 3.69. The van der Waals surface area contributed by atoms with Crippen LogP contribution in [0.4, 0.5) is 0 Å². The number of fused-ring (bicyclic) bond motifs is 7. The van der Waals surface area contributed by atoms with Crippen LogP contribution in [0.3, 0.4) is 0 Å². The quantitative estimate of drug-likeness (QED) is 0.560. The fraction of sp³-hybridized carbons (Fsp3) is 0.880. The first-order valence-electron chi connectivity index (χ1n) is 11.6. The Bertz CT molecular complexity index is 661. The largest absolute Gasteiger partial charge is 0.295 e. The molecule has 26 heavy (non-hydrogen) atoms. The minimum absolute atomic E-state index is 0.338. The van der Waals surface area contributed by atoms with E-state index in [-0.39, 0.29) is 0 Å².